The topological polar surface area (TPSA) is 93.7 Å². The number of alkyl carbamates (subject to hydrolysis) is 1. The molecule has 0 heterocycles. The van der Waals surface area contributed by atoms with Crippen LogP contribution >= 0.6 is 0 Å². The van der Waals surface area contributed by atoms with Gasteiger partial charge in [-0.25, -0.2) is 4.79 Å². The molecule has 1 aliphatic rings. The number of fused-ring (bicyclic) bond motifs is 3. The van der Waals surface area contributed by atoms with Crippen molar-refractivity contribution in [2.75, 3.05) is 13.2 Å². The molecule has 1 unspecified atom stereocenters. The van der Waals surface area contributed by atoms with Crippen LogP contribution in [0.5, 0.6) is 0 Å². The molecule has 3 aromatic carbocycles. The number of benzene rings is 3. The molecule has 0 radical (unpaired) electrons. The Morgan fingerprint density at radius 3 is 2.08 bits per heavy atom. The average Bonchev–Trinajstić information content (AvgIpc) is 3.24. The van der Waals surface area contributed by atoms with Crippen molar-refractivity contribution in [1.29, 1.82) is 0 Å². The van der Waals surface area contributed by atoms with E-state index in [0.717, 1.165) is 27.8 Å². The van der Waals surface area contributed by atoms with Crippen LogP contribution < -0.4 is 10.6 Å². The van der Waals surface area contributed by atoms with E-state index in [4.69, 9.17) is 9.47 Å². The van der Waals surface area contributed by atoms with Gasteiger partial charge in [0.25, 0.3) is 0 Å². The number of esters is 1. The fourth-order valence-electron chi connectivity index (χ4n) is 4.99. The van der Waals surface area contributed by atoms with Gasteiger partial charge in [-0.3, -0.25) is 9.59 Å². The van der Waals surface area contributed by atoms with Crippen LogP contribution in [-0.4, -0.2) is 42.8 Å². The van der Waals surface area contributed by atoms with E-state index in [2.05, 4.69) is 34.9 Å². The SMILES string of the molecule is CC(C)(C)OC(=O)CCCC(NC(=O)OCC1c2ccccc2-c2ccccc21)C(=O)NCCc1ccccc1. The van der Waals surface area contributed by atoms with E-state index in [9.17, 15) is 14.4 Å². The summed E-state index contributed by atoms with van der Waals surface area (Å²) in [6.45, 7) is 6.02. The molecule has 0 saturated carbocycles. The van der Waals surface area contributed by atoms with Crippen LogP contribution in [-0.2, 0) is 25.5 Å². The largest absolute Gasteiger partial charge is 0.460 e. The molecule has 1 atom stereocenters. The highest BCUT2D eigenvalue weighted by molar-refractivity contribution is 5.86. The van der Waals surface area contributed by atoms with E-state index in [1.807, 2.05) is 75.4 Å². The third-order valence-electron chi connectivity index (χ3n) is 6.80. The molecule has 7 heteroatoms. The molecule has 0 aliphatic heterocycles. The predicted octanol–water partition coefficient (Wildman–Crippen LogP) is 5.76. The van der Waals surface area contributed by atoms with Gasteiger partial charge in [0.2, 0.25) is 5.91 Å². The second-order valence-electron chi connectivity index (χ2n) is 11.0. The lowest BCUT2D eigenvalue weighted by atomic mass is 9.98. The molecule has 0 saturated heterocycles. The normalized spacial score (nSPS) is 13.1. The zero-order chi connectivity index (χ0) is 28.5. The van der Waals surface area contributed by atoms with Gasteiger partial charge >= 0.3 is 12.1 Å². The first-order valence-electron chi connectivity index (χ1n) is 13.9. The molecule has 2 N–H and O–H groups in total. The van der Waals surface area contributed by atoms with Gasteiger partial charge in [-0.15, -0.1) is 0 Å². The summed E-state index contributed by atoms with van der Waals surface area (Å²) in [6, 6.07) is 25.3. The number of carbonyl (C=O) groups excluding carboxylic acids is 3. The van der Waals surface area contributed by atoms with E-state index < -0.39 is 17.7 Å². The molecule has 1 aliphatic carbocycles. The predicted molar refractivity (Wildman–Crippen MR) is 155 cm³/mol. The number of hydrogen-bond donors (Lipinski definition) is 2. The van der Waals surface area contributed by atoms with Crippen LogP contribution in [0.25, 0.3) is 11.1 Å². The molecular weight excluding hydrogens is 504 g/mol. The van der Waals surface area contributed by atoms with E-state index in [1.165, 1.54) is 0 Å². The van der Waals surface area contributed by atoms with Crippen LogP contribution in [0.15, 0.2) is 78.9 Å². The van der Waals surface area contributed by atoms with E-state index in [-0.39, 0.29) is 37.2 Å². The lowest BCUT2D eigenvalue weighted by Crippen LogP contribution is -2.47. The maximum atomic E-state index is 13.1. The molecule has 0 bridgehead atoms. The van der Waals surface area contributed by atoms with Crippen LogP contribution in [0.3, 0.4) is 0 Å². The van der Waals surface area contributed by atoms with Crippen LogP contribution in [0.2, 0.25) is 0 Å². The Morgan fingerprint density at radius 1 is 0.850 bits per heavy atom. The summed E-state index contributed by atoms with van der Waals surface area (Å²) >= 11 is 0. The van der Waals surface area contributed by atoms with Crippen molar-refractivity contribution in [3.8, 4) is 11.1 Å². The Labute approximate surface area is 236 Å². The van der Waals surface area contributed by atoms with Gasteiger partial charge < -0.3 is 20.1 Å². The first kappa shape index (κ1) is 28.9. The average molecular weight is 543 g/mol. The first-order chi connectivity index (χ1) is 19.2. The van der Waals surface area contributed by atoms with Crippen molar-refractivity contribution in [2.24, 2.45) is 0 Å². The molecular formula is C33H38N2O5. The lowest BCUT2D eigenvalue weighted by Gasteiger charge is -2.21. The fourth-order valence-corrected chi connectivity index (χ4v) is 4.99. The van der Waals surface area contributed by atoms with E-state index in [1.54, 1.807) is 0 Å². The van der Waals surface area contributed by atoms with Gasteiger partial charge in [0.1, 0.15) is 18.2 Å². The van der Waals surface area contributed by atoms with Gasteiger partial charge in [-0.05, 0) is 67.9 Å². The lowest BCUT2D eigenvalue weighted by molar-refractivity contribution is -0.155. The van der Waals surface area contributed by atoms with Gasteiger partial charge in [-0.2, -0.15) is 0 Å². The smallest absolute Gasteiger partial charge is 0.407 e. The molecule has 7 nitrogen and oxygen atoms in total. The van der Waals surface area contributed by atoms with Gasteiger partial charge in [0.05, 0.1) is 0 Å². The third-order valence-corrected chi connectivity index (χ3v) is 6.80. The highest BCUT2D eigenvalue weighted by Crippen LogP contribution is 2.44. The van der Waals surface area contributed by atoms with Crippen LogP contribution in [0.4, 0.5) is 4.79 Å². The van der Waals surface area contributed by atoms with Crippen molar-refractivity contribution in [2.45, 2.75) is 64.0 Å². The zero-order valence-corrected chi connectivity index (χ0v) is 23.4. The standard InChI is InChI=1S/C33H38N2O5/c1-33(2,3)40-30(36)19-11-18-29(31(37)34-21-20-23-12-5-4-6-13-23)35-32(38)39-22-28-26-16-9-7-14-24(26)25-15-8-10-17-27(25)28/h4-10,12-17,28-29H,11,18-22H2,1-3H3,(H,34,37)(H,35,38). The van der Waals surface area contributed by atoms with Crippen molar-refractivity contribution in [3.05, 3.63) is 95.6 Å². The Bertz CT molecular complexity index is 1270. The Kier molecular flexibility index (Phi) is 9.59. The summed E-state index contributed by atoms with van der Waals surface area (Å²) in [6.07, 6.45) is 0.817. The molecule has 0 spiro atoms. The number of rotatable bonds is 11. The third kappa shape index (κ3) is 7.94. The number of hydrogen-bond acceptors (Lipinski definition) is 5. The second kappa shape index (κ2) is 13.3. The number of ether oxygens (including phenoxy) is 2. The summed E-state index contributed by atoms with van der Waals surface area (Å²) < 4.78 is 11.0. The molecule has 210 valence electrons. The molecule has 3 aromatic rings. The minimum absolute atomic E-state index is 0.0801. The summed E-state index contributed by atoms with van der Waals surface area (Å²) in [4.78, 5) is 38.2. The summed E-state index contributed by atoms with van der Waals surface area (Å²) in [5, 5.41) is 5.64. The zero-order valence-electron chi connectivity index (χ0n) is 23.4. The Morgan fingerprint density at radius 2 is 1.45 bits per heavy atom. The maximum Gasteiger partial charge on any atom is 0.407 e. The summed E-state index contributed by atoms with van der Waals surface area (Å²) in [7, 11) is 0. The van der Waals surface area contributed by atoms with Gasteiger partial charge in [0.15, 0.2) is 0 Å². The van der Waals surface area contributed by atoms with Crippen molar-refractivity contribution in [1.82, 2.24) is 10.6 Å². The summed E-state index contributed by atoms with van der Waals surface area (Å²) in [5.74, 6) is -0.728. The highest BCUT2D eigenvalue weighted by Gasteiger charge is 2.30. The Balaban J connectivity index is 1.35. The minimum Gasteiger partial charge on any atom is -0.460 e. The van der Waals surface area contributed by atoms with Crippen molar-refractivity contribution < 1.29 is 23.9 Å². The number of nitrogens with one attached hydrogen (secondary N) is 2. The fraction of sp³-hybridized carbons (Fsp3) is 0.364. The minimum atomic E-state index is -0.839. The molecule has 0 aromatic heterocycles. The Hall–Kier alpha value is -4.13. The first-order valence-corrected chi connectivity index (χ1v) is 13.9. The number of amides is 2. The van der Waals surface area contributed by atoms with Crippen LogP contribution in [0.1, 0.15) is 62.6 Å². The van der Waals surface area contributed by atoms with Gasteiger partial charge in [-0.1, -0.05) is 78.9 Å². The van der Waals surface area contributed by atoms with E-state index >= 15 is 0 Å². The molecule has 0 fully saturated rings. The van der Waals surface area contributed by atoms with E-state index in [0.29, 0.717) is 19.4 Å². The van der Waals surface area contributed by atoms with Crippen molar-refractivity contribution in [3.63, 3.8) is 0 Å². The molecule has 40 heavy (non-hydrogen) atoms. The maximum absolute atomic E-state index is 13.1. The number of carbonyl (C=O) groups is 3. The van der Waals surface area contributed by atoms with Crippen molar-refractivity contribution >= 4 is 18.0 Å². The highest BCUT2D eigenvalue weighted by atomic mass is 16.6. The molecule has 2 amide bonds. The second-order valence-corrected chi connectivity index (χ2v) is 11.0. The molecule has 4 rings (SSSR count). The van der Waals surface area contributed by atoms with Crippen LogP contribution in [0, 0.1) is 0 Å². The monoisotopic (exact) mass is 542 g/mol. The quantitative estimate of drug-likeness (QED) is 0.300. The van der Waals surface area contributed by atoms with Gasteiger partial charge in [0, 0.05) is 18.9 Å². The summed E-state index contributed by atoms with van der Waals surface area (Å²) in [5.41, 5.74) is 5.04.